The second-order valence-electron chi connectivity index (χ2n) is 10.2. The van der Waals surface area contributed by atoms with Crippen LogP contribution in [0.4, 0.5) is 4.79 Å². The van der Waals surface area contributed by atoms with E-state index in [1.54, 1.807) is 0 Å². The van der Waals surface area contributed by atoms with E-state index in [1.807, 2.05) is 26.8 Å². The minimum absolute atomic E-state index is 0.113. The molecule has 2 N–H and O–H groups in total. The number of fused-ring (bicyclic) bond motifs is 1. The van der Waals surface area contributed by atoms with Crippen molar-refractivity contribution < 1.29 is 23.9 Å². The Bertz CT molecular complexity index is 816. The Morgan fingerprint density at radius 1 is 1.38 bits per heavy atom. The van der Waals surface area contributed by atoms with E-state index in [2.05, 4.69) is 10.8 Å². The van der Waals surface area contributed by atoms with E-state index in [1.165, 1.54) is 4.90 Å². The molecule has 3 heterocycles. The molecular formula is C23H35N3O5S. The minimum Gasteiger partial charge on any atom is -0.598 e. The van der Waals surface area contributed by atoms with Crippen molar-refractivity contribution in [3.8, 4) is 0 Å². The van der Waals surface area contributed by atoms with Crippen molar-refractivity contribution in [2.75, 3.05) is 19.7 Å². The number of piperidine rings is 1. The fraction of sp³-hybridized carbons (Fsp3) is 0.739. The quantitative estimate of drug-likeness (QED) is 0.641. The summed E-state index contributed by atoms with van der Waals surface area (Å²) in [6.07, 6.45) is 4.28. The molecule has 32 heavy (non-hydrogen) atoms. The monoisotopic (exact) mass is 465 g/mol. The SMILES string of the molecule is CC(C)(C)[S+]([O-])N[C@@H]1c2ccc(CO[C@@H]3CCCCO3)nc2CC12CCN(C(=O)O)CC2. The molecule has 2 saturated heterocycles. The summed E-state index contributed by atoms with van der Waals surface area (Å²) in [6, 6.07) is 3.96. The zero-order chi connectivity index (χ0) is 22.9. The maximum Gasteiger partial charge on any atom is 0.407 e. The largest absolute Gasteiger partial charge is 0.598 e. The lowest BCUT2D eigenvalue weighted by Crippen LogP contribution is -2.50. The zero-order valence-corrected chi connectivity index (χ0v) is 20.1. The van der Waals surface area contributed by atoms with Gasteiger partial charge in [-0.3, -0.25) is 4.98 Å². The Kier molecular flexibility index (Phi) is 7.03. The topological polar surface area (TPSA) is 107 Å². The first-order valence-corrected chi connectivity index (χ1v) is 12.7. The maximum absolute atomic E-state index is 13.0. The fourth-order valence-corrected chi connectivity index (χ4v) is 5.85. The summed E-state index contributed by atoms with van der Waals surface area (Å²) in [7, 11) is 0. The van der Waals surface area contributed by atoms with Crippen molar-refractivity contribution in [2.45, 2.75) is 83.0 Å². The van der Waals surface area contributed by atoms with Crippen LogP contribution in [-0.4, -0.2) is 56.4 Å². The minimum atomic E-state index is -1.24. The van der Waals surface area contributed by atoms with Gasteiger partial charge in [-0.05, 0) is 70.9 Å². The van der Waals surface area contributed by atoms with Crippen molar-refractivity contribution in [2.24, 2.45) is 5.41 Å². The number of hydrogen-bond donors (Lipinski definition) is 2. The predicted molar refractivity (Wildman–Crippen MR) is 121 cm³/mol. The third-order valence-corrected chi connectivity index (χ3v) is 8.44. The van der Waals surface area contributed by atoms with Gasteiger partial charge in [-0.1, -0.05) is 6.07 Å². The molecular weight excluding hydrogens is 430 g/mol. The fourth-order valence-electron chi connectivity index (χ4n) is 4.91. The van der Waals surface area contributed by atoms with Gasteiger partial charge in [0.1, 0.15) is 4.75 Å². The van der Waals surface area contributed by atoms with Gasteiger partial charge in [0.15, 0.2) is 6.29 Å². The second-order valence-corrected chi connectivity index (χ2v) is 12.2. The molecule has 8 nitrogen and oxygen atoms in total. The van der Waals surface area contributed by atoms with E-state index in [0.717, 1.165) is 62.1 Å². The van der Waals surface area contributed by atoms with E-state index in [4.69, 9.17) is 14.5 Å². The highest BCUT2D eigenvalue weighted by molar-refractivity contribution is 7.90. The summed E-state index contributed by atoms with van der Waals surface area (Å²) in [5, 5.41) is 9.39. The number of pyridine rings is 1. The van der Waals surface area contributed by atoms with Gasteiger partial charge >= 0.3 is 6.09 Å². The van der Waals surface area contributed by atoms with Crippen molar-refractivity contribution in [1.82, 2.24) is 14.6 Å². The molecule has 178 valence electrons. The number of ether oxygens (including phenoxy) is 2. The summed E-state index contributed by atoms with van der Waals surface area (Å²) in [4.78, 5) is 17.8. The Labute approximate surface area is 193 Å². The van der Waals surface area contributed by atoms with Crippen LogP contribution in [-0.2, 0) is 33.9 Å². The summed E-state index contributed by atoms with van der Waals surface area (Å²) in [6.45, 7) is 7.99. The third-order valence-electron chi connectivity index (χ3n) is 6.88. The molecule has 1 spiro atoms. The highest BCUT2D eigenvalue weighted by Crippen LogP contribution is 2.52. The normalized spacial score (nSPS) is 26.2. The number of amides is 1. The molecule has 2 fully saturated rings. The Morgan fingerprint density at radius 2 is 2.12 bits per heavy atom. The van der Waals surface area contributed by atoms with Crippen molar-refractivity contribution in [1.29, 1.82) is 0 Å². The summed E-state index contributed by atoms with van der Waals surface area (Å²) in [5.74, 6) is 0. The number of aromatic nitrogens is 1. The van der Waals surface area contributed by atoms with Crippen molar-refractivity contribution in [3.05, 3.63) is 29.1 Å². The van der Waals surface area contributed by atoms with Crippen LogP contribution in [0.5, 0.6) is 0 Å². The van der Waals surface area contributed by atoms with Gasteiger partial charge in [-0.25, -0.2) is 4.79 Å². The van der Waals surface area contributed by atoms with Crippen LogP contribution >= 0.6 is 0 Å². The average molecular weight is 466 g/mol. The molecule has 0 saturated carbocycles. The Balaban J connectivity index is 1.53. The molecule has 0 aromatic carbocycles. The number of rotatable bonds is 5. The number of nitrogens with zero attached hydrogens (tertiary/aromatic N) is 2. The van der Waals surface area contributed by atoms with Crippen LogP contribution in [0.2, 0.25) is 0 Å². The van der Waals surface area contributed by atoms with Gasteiger partial charge in [0, 0.05) is 42.2 Å². The zero-order valence-electron chi connectivity index (χ0n) is 19.3. The first-order valence-electron chi connectivity index (χ1n) is 11.6. The lowest BCUT2D eigenvalue weighted by Gasteiger charge is -2.42. The highest BCUT2D eigenvalue weighted by atomic mass is 32.2. The van der Waals surface area contributed by atoms with E-state index < -0.39 is 22.2 Å². The number of carbonyl (C=O) groups is 1. The van der Waals surface area contributed by atoms with Gasteiger partial charge in [0.25, 0.3) is 0 Å². The van der Waals surface area contributed by atoms with Crippen LogP contribution in [0.1, 0.15) is 75.9 Å². The van der Waals surface area contributed by atoms with Gasteiger partial charge in [0.05, 0.1) is 18.3 Å². The first-order chi connectivity index (χ1) is 15.2. The van der Waals surface area contributed by atoms with Gasteiger partial charge in [0.2, 0.25) is 0 Å². The predicted octanol–water partition coefficient (Wildman–Crippen LogP) is 3.53. The van der Waals surface area contributed by atoms with Crippen LogP contribution in [0.3, 0.4) is 0 Å². The number of carboxylic acid groups (broad SMARTS) is 1. The maximum atomic E-state index is 13.0. The van der Waals surface area contributed by atoms with E-state index in [-0.39, 0.29) is 17.7 Å². The molecule has 1 amide bonds. The number of nitrogens with one attached hydrogen (secondary N) is 1. The van der Waals surface area contributed by atoms with Gasteiger partial charge in [-0.2, -0.15) is 0 Å². The molecule has 1 aromatic heterocycles. The second kappa shape index (κ2) is 9.46. The van der Waals surface area contributed by atoms with Gasteiger partial charge < -0.3 is 24.0 Å². The number of likely N-dealkylation sites (tertiary alicyclic amines) is 1. The van der Waals surface area contributed by atoms with Gasteiger partial charge in [-0.15, -0.1) is 4.72 Å². The van der Waals surface area contributed by atoms with E-state index >= 15 is 0 Å². The Morgan fingerprint density at radius 3 is 2.75 bits per heavy atom. The van der Waals surface area contributed by atoms with Crippen LogP contribution in [0.15, 0.2) is 12.1 Å². The van der Waals surface area contributed by atoms with Crippen LogP contribution in [0.25, 0.3) is 0 Å². The molecule has 3 aliphatic rings. The van der Waals surface area contributed by atoms with E-state index in [9.17, 15) is 14.5 Å². The summed E-state index contributed by atoms with van der Waals surface area (Å²) in [5.41, 5.74) is 2.76. The molecule has 1 aromatic rings. The molecule has 4 rings (SSSR count). The summed E-state index contributed by atoms with van der Waals surface area (Å²) < 4.78 is 27.6. The molecule has 2 aliphatic heterocycles. The molecule has 1 unspecified atom stereocenters. The smallest absolute Gasteiger partial charge is 0.407 e. The van der Waals surface area contributed by atoms with Crippen molar-refractivity contribution in [3.63, 3.8) is 0 Å². The standard InChI is InChI=1S/C23H35N3O5S/c1-22(2,3)32(29)25-20-17-8-7-16(15-31-19-6-4-5-13-30-19)24-18(17)14-23(20)9-11-26(12-10-23)21(27)28/h7-8,19-20,25H,4-6,9-15H2,1-3H3,(H,27,28)/t19-,20-,32?/m1/s1. The molecule has 1 aliphatic carbocycles. The van der Waals surface area contributed by atoms with Crippen molar-refractivity contribution >= 4 is 17.5 Å². The Hall–Kier alpha value is -1.39. The lowest BCUT2D eigenvalue weighted by atomic mass is 9.73. The number of hydrogen-bond acceptors (Lipinski definition) is 6. The molecule has 3 atom stereocenters. The molecule has 9 heteroatoms. The summed E-state index contributed by atoms with van der Waals surface area (Å²) >= 11 is -1.24. The first kappa shape index (κ1) is 23.8. The molecule has 0 radical (unpaired) electrons. The molecule has 0 bridgehead atoms. The third kappa shape index (κ3) is 5.07. The van der Waals surface area contributed by atoms with Crippen LogP contribution < -0.4 is 4.72 Å². The van der Waals surface area contributed by atoms with Crippen LogP contribution in [0, 0.1) is 5.41 Å². The highest BCUT2D eigenvalue weighted by Gasteiger charge is 2.51. The average Bonchev–Trinajstić information content (AvgIpc) is 3.04. The lowest BCUT2D eigenvalue weighted by molar-refractivity contribution is -0.169. The van der Waals surface area contributed by atoms with E-state index in [0.29, 0.717) is 19.7 Å².